The van der Waals surface area contributed by atoms with Crippen LogP contribution in [0.2, 0.25) is 0 Å². The fourth-order valence-corrected chi connectivity index (χ4v) is 5.56. The van der Waals surface area contributed by atoms with E-state index in [9.17, 15) is 4.79 Å². The molecule has 1 aromatic carbocycles. The lowest BCUT2D eigenvalue weighted by molar-refractivity contribution is 0.316. The second-order valence-corrected chi connectivity index (χ2v) is 9.31. The molecule has 0 aliphatic carbocycles. The Bertz CT molecular complexity index is 1080. The van der Waals surface area contributed by atoms with E-state index in [2.05, 4.69) is 54.3 Å². The Balaban J connectivity index is 1.96. The van der Waals surface area contributed by atoms with Crippen molar-refractivity contribution < 1.29 is 0 Å². The van der Waals surface area contributed by atoms with E-state index in [0.29, 0.717) is 5.52 Å². The van der Waals surface area contributed by atoms with Crippen LogP contribution in [-0.4, -0.2) is 33.8 Å². The molecule has 6 heteroatoms. The summed E-state index contributed by atoms with van der Waals surface area (Å²) in [5.74, 6) is 0.788. The van der Waals surface area contributed by atoms with Gasteiger partial charge in [0, 0.05) is 35.0 Å². The molecule has 140 valence electrons. The van der Waals surface area contributed by atoms with Crippen LogP contribution in [0.1, 0.15) is 22.9 Å². The molecule has 0 saturated heterocycles. The van der Waals surface area contributed by atoms with E-state index in [1.807, 2.05) is 6.92 Å². The van der Waals surface area contributed by atoms with Gasteiger partial charge in [-0.1, -0.05) is 41.6 Å². The summed E-state index contributed by atoms with van der Waals surface area (Å²) in [5.41, 5.74) is 5.02. The maximum atomic E-state index is 13.2. The predicted molar refractivity (Wildman–Crippen MR) is 116 cm³/mol. The van der Waals surface area contributed by atoms with Gasteiger partial charge in [0.15, 0.2) is 5.16 Å². The Morgan fingerprint density at radius 1 is 1.33 bits per heavy atom. The largest absolute Gasteiger partial charge is 0.301 e. The topological polar surface area (TPSA) is 38.1 Å². The normalized spacial score (nSPS) is 14.5. The number of likely N-dealkylation sites (N-methyl/N-ethyl adjacent to an activating group) is 1. The molecule has 3 heterocycles. The number of thioether (sulfide) groups is 1. The van der Waals surface area contributed by atoms with Crippen molar-refractivity contribution in [3.63, 3.8) is 0 Å². The monoisotopic (exact) mass is 397 g/mol. The number of hydrogen-bond donors (Lipinski definition) is 0. The lowest BCUT2D eigenvalue weighted by atomic mass is 10.1. The molecule has 27 heavy (non-hydrogen) atoms. The summed E-state index contributed by atoms with van der Waals surface area (Å²) in [5, 5.41) is 0.862. The van der Waals surface area contributed by atoms with Crippen LogP contribution < -0.4 is 5.43 Å². The molecule has 3 aromatic rings. The number of benzene rings is 1. The van der Waals surface area contributed by atoms with Gasteiger partial charge < -0.3 is 4.90 Å². The Morgan fingerprint density at radius 3 is 2.78 bits per heavy atom. The van der Waals surface area contributed by atoms with Crippen molar-refractivity contribution in [1.29, 1.82) is 0 Å². The first kappa shape index (κ1) is 18.5. The van der Waals surface area contributed by atoms with E-state index in [1.165, 1.54) is 10.4 Å². The van der Waals surface area contributed by atoms with E-state index >= 15 is 0 Å². The van der Waals surface area contributed by atoms with Crippen LogP contribution in [0.5, 0.6) is 0 Å². The zero-order valence-corrected chi connectivity index (χ0v) is 17.5. The Labute approximate surface area is 167 Å². The minimum atomic E-state index is 0.106. The van der Waals surface area contributed by atoms with Gasteiger partial charge in [0.2, 0.25) is 5.43 Å². The van der Waals surface area contributed by atoms with Crippen molar-refractivity contribution >= 4 is 33.4 Å². The molecule has 0 unspecified atom stereocenters. The smallest absolute Gasteiger partial charge is 0.211 e. The van der Waals surface area contributed by atoms with Crippen LogP contribution in [0.25, 0.3) is 16.0 Å². The summed E-state index contributed by atoms with van der Waals surface area (Å²) < 4.78 is 2.14. The molecule has 0 atom stereocenters. The summed E-state index contributed by atoms with van der Waals surface area (Å²) in [4.78, 5) is 22.3. The van der Waals surface area contributed by atoms with Gasteiger partial charge in [-0.15, -0.1) is 11.3 Å². The molecule has 1 aliphatic heterocycles. The number of nitrogens with zero attached hydrogens (tertiary/aromatic N) is 3. The van der Waals surface area contributed by atoms with Crippen molar-refractivity contribution in [2.75, 3.05) is 19.3 Å². The average Bonchev–Trinajstić information content (AvgIpc) is 2.99. The lowest BCUT2D eigenvalue weighted by Crippen LogP contribution is -2.30. The second kappa shape index (κ2) is 7.26. The highest BCUT2D eigenvalue weighted by Gasteiger charge is 2.23. The number of aryl methyl sites for hydroxylation is 1. The zero-order chi connectivity index (χ0) is 19.1. The van der Waals surface area contributed by atoms with Crippen LogP contribution in [0, 0.1) is 6.92 Å². The lowest BCUT2D eigenvalue weighted by Gasteiger charge is -2.23. The molecule has 0 saturated carbocycles. The Kier molecular flexibility index (Phi) is 4.97. The number of rotatable bonds is 4. The Morgan fingerprint density at radius 2 is 2.07 bits per heavy atom. The zero-order valence-electron chi connectivity index (χ0n) is 15.9. The summed E-state index contributed by atoms with van der Waals surface area (Å²) >= 11 is 3.35. The first-order chi connectivity index (χ1) is 12.9. The van der Waals surface area contributed by atoms with Crippen LogP contribution in [0.15, 0.2) is 46.4 Å². The van der Waals surface area contributed by atoms with Gasteiger partial charge in [0.25, 0.3) is 0 Å². The van der Waals surface area contributed by atoms with Gasteiger partial charge in [-0.05, 0) is 39.4 Å². The van der Waals surface area contributed by atoms with Crippen LogP contribution in [-0.2, 0) is 13.0 Å². The predicted octanol–water partition coefficient (Wildman–Crippen LogP) is 4.41. The van der Waals surface area contributed by atoms with Gasteiger partial charge in [-0.2, -0.15) is 0 Å². The van der Waals surface area contributed by atoms with Gasteiger partial charge in [0.1, 0.15) is 10.3 Å². The minimum Gasteiger partial charge on any atom is -0.301 e. The fourth-order valence-electron chi connectivity index (χ4n) is 3.29. The highest BCUT2D eigenvalue weighted by molar-refractivity contribution is 7.99. The molecule has 0 bridgehead atoms. The standard InChI is InChI=1S/C21H23N3OS2/c1-13(2)12-26-21-22-18-19(25)16-9-10-23(4)11-17(16)27-20(18)24(21)15-7-5-14(3)6-8-15/h5-8H,1,9-12H2,2-4H3. The summed E-state index contributed by atoms with van der Waals surface area (Å²) in [6.07, 6.45) is 0.808. The van der Waals surface area contributed by atoms with E-state index in [-0.39, 0.29) is 5.43 Å². The number of imidazole rings is 1. The van der Waals surface area contributed by atoms with E-state index in [1.54, 1.807) is 23.1 Å². The molecule has 0 spiro atoms. The molecule has 0 fully saturated rings. The molecular formula is C21H23N3OS2. The first-order valence-electron chi connectivity index (χ1n) is 9.04. The molecule has 2 aromatic heterocycles. The van der Waals surface area contributed by atoms with E-state index in [4.69, 9.17) is 4.98 Å². The molecule has 0 radical (unpaired) electrons. The SMILES string of the molecule is C=C(C)CSc1nc2c(=O)c3c(sc2n1-c1ccc(C)cc1)CN(C)CC3. The van der Waals surface area contributed by atoms with Gasteiger partial charge in [-0.25, -0.2) is 4.98 Å². The highest BCUT2D eigenvalue weighted by atomic mass is 32.2. The maximum Gasteiger partial charge on any atom is 0.211 e. The van der Waals surface area contributed by atoms with E-state index < -0.39 is 0 Å². The average molecular weight is 398 g/mol. The molecule has 0 amide bonds. The summed E-state index contributed by atoms with van der Waals surface area (Å²) in [6.45, 7) is 9.86. The van der Waals surface area contributed by atoms with Crippen molar-refractivity contribution in [1.82, 2.24) is 14.5 Å². The fraction of sp³-hybridized carbons (Fsp3) is 0.333. The van der Waals surface area contributed by atoms with Crippen molar-refractivity contribution in [2.45, 2.75) is 32.0 Å². The third-order valence-corrected chi connectivity index (χ3v) is 7.11. The van der Waals surface area contributed by atoms with E-state index in [0.717, 1.165) is 52.1 Å². The number of fused-ring (bicyclic) bond motifs is 2. The summed E-state index contributed by atoms with van der Waals surface area (Å²) in [6, 6.07) is 8.40. The Hall–Kier alpha value is -1.89. The van der Waals surface area contributed by atoms with Crippen LogP contribution >= 0.6 is 23.1 Å². The highest BCUT2D eigenvalue weighted by Crippen LogP contribution is 2.33. The van der Waals surface area contributed by atoms with Crippen LogP contribution in [0.3, 0.4) is 0 Å². The quantitative estimate of drug-likeness (QED) is 0.483. The minimum absolute atomic E-state index is 0.106. The summed E-state index contributed by atoms with van der Waals surface area (Å²) in [7, 11) is 2.11. The third kappa shape index (κ3) is 3.49. The first-order valence-corrected chi connectivity index (χ1v) is 10.8. The number of aromatic nitrogens is 2. The van der Waals surface area contributed by atoms with Gasteiger partial charge in [0.05, 0.1) is 0 Å². The molecular weight excluding hydrogens is 374 g/mol. The van der Waals surface area contributed by atoms with Crippen molar-refractivity contribution in [3.8, 4) is 5.69 Å². The third-order valence-electron chi connectivity index (χ3n) is 4.75. The maximum absolute atomic E-state index is 13.2. The molecule has 0 N–H and O–H groups in total. The van der Waals surface area contributed by atoms with Crippen molar-refractivity contribution in [3.05, 3.63) is 62.6 Å². The van der Waals surface area contributed by atoms with Gasteiger partial charge in [-0.3, -0.25) is 9.36 Å². The number of hydrogen-bond acceptors (Lipinski definition) is 5. The van der Waals surface area contributed by atoms with Crippen molar-refractivity contribution in [2.24, 2.45) is 0 Å². The molecule has 4 nitrogen and oxygen atoms in total. The van der Waals surface area contributed by atoms with Gasteiger partial charge >= 0.3 is 0 Å². The van der Waals surface area contributed by atoms with Crippen LogP contribution in [0.4, 0.5) is 0 Å². The second-order valence-electron chi connectivity index (χ2n) is 7.29. The molecule has 1 aliphatic rings. The molecule has 4 rings (SSSR count).